The molecule has 4 unspecified atom stereocenters. The van der Waals surface area contributed by atoms with Crippen LogP contribution < -0.4 is 10.5 Å². The van der Waals surface area contributed by atoms with E-state index in [0.717, 1.165) is 44.5 Å². The summed E-state index contributed by atoms with van der Waals surface area (Å²) >= 11 is 0. The van der Waals surface area contributed by atoms with E-state index in [2.05, 4.69) is 12.1 Å². The van der Waals surface area contributed by atoms with Gasteiger partial charge in [-0.1, -0.05) is 26.8 Å². The number of benzene rings is 1. The predicted molar refractivity (Wildman–Crippen MR) is 111 cm³/mol. The third kappa shape index (κ3) is 3.22. The van der Waals surface area contributed by atoms with Gasteiger partial charge in [-0.25, -0.2) is 0 Å². The minimum absolute atomic E-state index is 0.231. The second kappa shape index (κ2) is 6.79. The Bertz CT molecular complexity index is 954. The Morgan fingerprint density at radius 1 is 1.10 bits per heavy atom. The largest absolute Gasteiger partial charge is 0.493 e. The van der Waals surface area contributed by atoms with Crippen LogP contribution in [0.3, 0.4) is 0 Å². The van der Waals surface area contributed by atoms with Gasteiger partial charge in [0.15, 0.2) is 5.78 Å². The first-order valence-electron chi connectivity index (χ1n) is 10.5. The van der Waals surface area contributed by atoms with Gasteiger partial charge in [-0.3, -0.25) is 9.35 Å². The summed E-state index contributed by atoms with van der Waals surface area (Å²) in [5.41, 5.74) is 9.33. The molecule has 160 valence electrons. The molecule has 3 N–H and O–H groups in total. The highest BCUT2D eigenvalue weighted by Gasteiger charge is 2.69. The SMILES string of the molecule is CC12CCC(C(S(=O)(=O)O)C1=O)C2(C)C.NC1CCc2cc3c(cc2C1)OCC3. The fourth-order valence-corrected chi connectivity index (χ4v) is 7.24. The van der Waals surface area contributed by atoms with Gasteiger partial charge in [0.05, 0.1) is 6.61 Å². The number of Topliss-reactive ketones (excluding diaryl/α,β-unsaturated/α-hetero) is 1. The van der Waals surface area contributed by atoms with Gasteiger partial charge in [0.1, 0.15) is 11.0 Å². The molecule has 4 atom stereocenters. The van der Waals surface area contributed by atoms with Crippen LogP contribution >= 0.6 is 0 Å². The smallest absolute Gasteiger partial charge is 0.275 e. The summed E-state index contributed by atoms with van der Waals surface area (Å²) < 4.78 is 37.1. The third-order valence-electron chi connectivity index (χ3n) is 8.07. The van der Waals surface area contributed by atoms with Crippen LogP contribution in [0.4, 0.5) is 0 Å². The van der Waals surface area contributed by atoms with Gasteiger partial charge in [0.25, 0.3) is 10.1 Å². The van der Waals surface area contributed by atoms with Crippen LogP contribution in [-0.4, -0.2) is 36.7 Å². The number of hydrogen-bond donors (Lipinski definition) is 2. The summed E-state index contributed by atoms with van der Waals surface area (Å²) in [7, 11) is -4.24. The standard InChI is InChI=1S/C12H15NO.C10H16O4S/c13-11-2-1-8-5-9-3-4-14-12(9)7-10(8)6-11;1-9(2)6-4-5-10(9,3)8(11)7(6)15(12,13)14/h5,7,11H,1-4,6,13H2;6-7H,4-5H2,1-3H3,(H,12,13,14). The molecule has 2 saturated carbocycles. The van der Waals surface area contributed by atoms with Crippen molar-refractivity contribution < 1.29 is 22.5 Å². The van der Waals surface area contributed by atoms with Crippen LogP contribution in [0.5, 0.6) is 5.75 Å². The van der Waals surface area contributed by atoms with Gasteiger partial charge < -0.3 is 10.5 Å². The molecule has 2 bridgehead atoms. The fraction of sp³-hybridized carbons (Fsp3) is 0.682. The van der Waals surface area contributed by atoms with Crippen molar-refractivity contribution in [2.45, 2.75) is 70.6 Å². The van der Waals surface area contributed by atoms with Crippen molar-refractivity contribution in [3.05, 3.63) is 28.8 Å². The van der Waals surface area contributed by atoms with Crippen LogP contribution in [0, 0.1) is 16.7 Å². The lowest BCUT2D eigenvalue weighted by molar-refractivity contribution is -0.128. The molecule has 1 aromatic carbocycles. The normalized spacial score (nSPS) is 34.1. The Hall–Kier alpha value is -1.44. The Morgan fingerprint density at radius 2 is 1.83 bits per heavy atom. The molecule has 3 aliphatic carbocycles. The predicted octanol–water partition coefficient (Wildman–Crippen LogP) is 2.71. The summed E-state index contributed by atoms with van der Waals surface area (Å²) in [5.74, 6) is 0.564. The second-order valence-electron chi connectivity index (χ2n) is 9.83. The maximum atomic E-state index is 12.0. The van der Waals surface area contributed by atoms with E-state index in [-0.39, 0.29) is 17.1 Å². The van der Waals surface area contributed by atoms with Gasteiger partial charge in [0, 0.05) is 17.9 Å². The molecule has 6 nitrogen and oxygen atoms in total. The van der Waals surface area contributed by atoms with Crippen molar-refractivity contribution >= 4 is 15.9 Å². The molecule has 0 aromatic heterocycles. The minimum Gasteiger partial charge on any atom is -0.493 e. The average Bonchev–Trinajstić information content (AvgIpc) is 3.20. The van der Waals surface area contributed by atoms with Gasteiger partial charge in [-0.05, 0) is 66.2 Å². The number of aryl methyl sites for hydroxylation is 1. The van der Waals surface area contributed by atoms with E-state index >= 15 is 0 Å². The lowest BCUT2D eigenvalue weighted by Crippen LogP contribution is -2.38. The first-order valence-corrected chi connectivity index (χ1v) is 12.0. The van der Waals surface area contributed by atoms with Crippen LogP contribution in [0.25, 0.3) is 0 Å². The first-order chi connectivity index (χ1) is 13.4. The number of carbonyl (C=O) groups is 1. The summed E-state index contributed by atoms with van der Waals surface area (Å²) in [4.78, 5) is 12.0. The highest BCUT2D eigenvalue weighted by atomic mass is 32.2. The van der Waals surface area contributed by atoms with E-state index in [1.54, 1.807) is 0 Å². The van der Waals surface area contributed by atoms with Crippen LogP contribution in [0.1, 0.15) is 56.7 Å². The van der Waals surface area contributed by atoms with E-state index in [0.29, 0.717) is 12.5 Å². The lowest BCUT2D eigenvalue weighted by atomic mass is 9.70. The topological polar surface area (TPSA) is 107 Å². The molecule has 4 aliphatic rings. The molecule has 1 heterocycles. The molecule has 29 heavy (non-hydrogen) atoms. The van der Waals surface area contributed by atoms with Crippen molar-refractivity contribution in [3.8, 4) is 5.75 Å². The van der Waals surface area contributed by atoms with Crippen molar-refractivity contribution in [1.82, 2.24) is 0 Å². The molecule has 0 spiro atoms. The molecule has 1 aromatic rings. The monoisotopic (exact) mass is 421 g/mol. The lowest BCUT2D eigenvalue weighted by Gasteiger charge is -2.32. The molecule has 7 heteroatoms. The van der Waals surface area contributed by atoms with Crippen molar-refractivity contribution in [2.24, 2.45) is 22.5 Å². The number of rotatable bonds is 1. The Balaban J connectivity index is 0.000000141. The summed E-state index contributed by atoms with van der Waals surface area (Å²) in [6, 6.07) is 4.88. The summed E-state index contributed by atoms with van der Waals surface area (Å²) in [6.07, 6.45) is 5.81. The zero-order chi connectivity index (χ0) is 21.2. The number of nitrogens with two attached hydrogens (primary N) is 1. The number of fused-ring (bicyclic) bond motifs is 4. The van der Waals surface area contributed by atoms with Gasteiger partial charge in [-0.2, -0.15) is 8.42 Å². The fourth-order valence-electron chi connectivity index (χ4n) is 5.81. The Kier molecular flexibility index (Phi) is 4.87. The highest BCUT2D eigenvalue weighted by molar-refractivity contribution is 7.87. The third-order valence-corrected chi connectivity index (χ3v) is 9.26. The van der Waals surface area contributed by atoms with Crippen LogP contribution in [0.2, 0.25) is 0 Å². The molecule has 0 radical (unpaired) electrons. The van der Waals surface area contributed by atoms with E-state index in [1.165, 1.54) is 16.7 Å². The van der Waals surface area contributed by atoms with E-state index in [1.807, 2.05) is 20.8 Å². The van der Waals surface area contributed by atoms with Gasteiger partial charge in [-0.15, -0.1) is 0 Å². The van der Waals surface area contributed by atoms with Crippen molar-refractivity contribution in [3.63, 3.8) is 0 Å². The zero-order valence-electron chi connectivity index (χ0n) is 17.4. The molecule has 1 aliphatic heterocycles. The molecule has 0 saturated heterocycles. The number of ether oxygens (including phenoxy) is 1. The van der Waals surface area contributed by atoms with Crippen LogP contribution in [-0.2, 0) is 34.2 Å². The van der Waals surface area contributed by atoms with Crippen molar-refractivity contribution in [2.75, 3.05) is 6.61 Å². The summed E-state index contributed by atoms with van der Waals surface area (Å²) in [5, 5.41) is -1.19. The Labute approximate surface area is 172 Å². The maximum absolute atomic E-state index is 12.0. The van der Waals surface area contributed by atoms with Crippen LogP contribution in [0.15, 0.2) is 12.1 Å². The number of carbonyl (C=O) groups excluding carboxylic acids is 1. The Morgan fingerprint density at radius 3 is 2.41 bits per heavy atom. The molecular weight excluding hydrogens is 390 g/mol. The zero-order valence-corrected chi connectivity index (χ0v) is 18.2. The molecular formula is C22H31NO5S. The maximum Gasteiger partial charge on any atom is 0.275 e. The minimum atomic E-state index is -4.24. The van der Waals surface area contributed by atoms with Gasteiger partial charge >= 0.3 is 0 Å². The second-order valence-corrected chi connectivity index (χ2v) is 11.4. The molecule has 5 rings (SSSR count). The average molecular weight is 422 g/mol. The quantitative estimate of drug-likeness (QED) is 0.675. The van der Waals surface area contributed by atoms with Crippen molar-refractivity contribution in [1.29, 1.82) is 0 Å². The van der Waals surface area contributed by atoms with E-state index in [9.17, 15) is 13.2 Å². The number of ketones is 1. The molecule has 0 amide bonds. The van der Waals surface area contributed by atoms with E-state index in [4.69, 9.17) is 15.0 Å². The van der Waals surface area contributed by atoms with Gasteiger partial charge in [0.2, 0.25) is 0 Å². The highest BCUT2D eigenvalue weighted by Crippen LogP contribution is 2.64. The molecule has 2 fully saturated rings. The number of hydrogen-bond acceptors (Lipinski definition) is 5. The summed E-state index contributed by atoms with van der Waals surface area (Å²) in [6.45, 7) is 6.52. The first kappa shape index (κ1) is 20.8. The van der Waals surface area contributed by atoms with E-state index < -0.39 is 20.8 Å².